The highest BCUT2D eigenvalue weighted by Gasteiger charge is 2.21. The molecule has 1 nitrogen and oxygen atoms in total. The molecule has 0 heterocycles. The Kier molecular flexibility index (Phi) is 6.69. The minimum absolute atomic E-state index is 0.386. The molecule has 0 aromatic heterocycles. The summed E-state index contributed by atoms with van der Waals surface area (Å²) in [7, 11) is 0.737. The SMILES string of the molecule is CCCCCC1=C(C(Nc2ccccc2)[Si]c2ccccc2)CC=C1. The van der Waals surface area contributed by atoms with E-state index >= 15 is 0 Å². The van der Waals surface area contributed by atoms with Gasteiger partial charge in [0, 0.05) is 11.4 Å². The van der Waals surface area contributed by atoms with Crippen LogP contribution in [0.5, 0.6) is 0 Å². The van der Waals surface area contributed by atoms with Gasteiger partial charge in [0.2, 0.25) is 0 Å². The molecule has 0 aliphatic heterocycles. The Morgan fingerprint density at radius 3 is 2.40 bits per heavy atom. The number of hydrogen-bond donors (Lipinski definition) is 1. The van der Waals surface area contributed by atoms with Crippen LogP contribution >= 0.6 is 0 Å². The van der Waals surface area contributed by atoms with Gasteiger partial charge in [-0.05, 0) is 42.5 Å². The highest BCUT2D eigenvalue weighted by molar-refractivity contribution is 6.56. The largest absolute Gasteiger partial charge is 0.381 e. The Balaban J connectivity index is 1.80. The van der Waals surface area contributed by atoms with Crippen molar-refractivity contribution in [1.29, 1.82) is 0 Å². The number of nitrogens with one attached hydrogen (secondary N) is 1. The molecule has 1 unspecified atom stereocenters. The fourth-order valence-electron chi connectivity index (χ4n) is 3.29. The van der Waals surface area contributed by atoms with Crippen LogP contribution in [-0.4, -0.2) is 15.2 Å². The quantitative estimate of drug-likeness (QED) is 0.481. The molecule has 1 atom stereocenters. The van der Waals surface area contributed by atoms with E-state index in [-0.39, 0.29) is 0 Å². The number of hydrogen-bond acceptors (Lipinski definition) is 1. The van der Waals surface area contributed by atoms with E-state index in [1.54, 1.807) is 11.1 Å². The van der Waals surface area contributed by atoms with Crippen molar-refractivity contribution < 1.29 is 0 Å². The lowest BCUT2D eigenvalue weighted by atomic mass is 10.0. The molecule has 1 aliphatic carbocycles. The summed E-state index contributed by atoms with van der Waals surface area (Å²) in [5, 5.41) is 5.22. The average molecular weight is 346 g/mol. The summed E-state index contributed by atoms with van der Waals surface area (Å²) in [6, 6.07) is 21.5. The third kappa shape index (κ3) is 5.20. The molecule has 0 fully saturated rings. The lowest BCUT2D eigenvalue weighted by Gasteiger charge is -2.23. The highest BCUT2D eigenvalue weighted by Crippen LogP contribution is 2.28. The highest BCUT2D eigenvalue weighted by atomic mass is 28.2. The molecule has 1 N–H and O–H groups in total. The van der Waals surface area contributed by atoms with Crippen LogP contribution < -0.4 is 10.5 Å². The zero-order chi connectivity index (χ0) is 17.3. The van der Waals surface area contributed by atoms with Crippen molar-refractivity contribution in [1.82, 2.24) is 0 Å². The molecule has 0 spiro atoms. The Labute approximate surface area is 154 Å². The van der Waals surface area contributed by atoms with Crippen LogP contribution in [-0.2, 0) is 0 Å². The summed E-state index contributed by atoms with van der Waals surface area (Å²) >= 11 is 0. The Morgan fingerprint density at radius 2 is 1.68 bits per heavy atom. The molecule has 0 amide bonds. The molecular weight excluding hydrogens is 318 g/mol. The predicted molar refractivity (Wildman–Crippen MR) is 111 cm³/mol. The number of unbranched alkanes of at least 4 members (excludes halogenated alkanes) is 2. The van der Waals surface area contributed by atoms with Crippen molar-refractivity contribution in [2.45, 2.75) is 44.7 Å². The van der Waals surface area contributed by atoms with Gasteiger partial charge in [0.25, 0.3) is 0 Å². The zero-order valence-electron chi connectivity index (χ0n) is 15.0. The second-order valence-electron chi connectivity index (χ2n) is 6.57. The van der Waals surface area contributed by atoms with E-state index < -0.39 is 0 Å². The van der Waals surface area contributed by atoms with E-state index in [0.717, 1.165) is 15.9 Å². The van der Waals surface area contributed by atoms with Gasteiger partial charge in [-0.25, -0.2) is 0 Å². The van der Waals surface area contributed by atoms with Crippen LogP contribution in [0.2, 0.25) is 0 Å². The third-order valence-corrected chi connectivity index (χ3v) is 6.09. The van der Waals surface area contributed by atoms with Gasteiger partial charge < -0.3 is 5.32 Å². The van der Waals surface area contributed by atoms with Gasteiger partial charge in [0.15, 0.2) is 0 Å². The van der Waals surface area contributed by atoms with E-state index in [1.807, 2.05) is 0 Å². The summed E-state index contributed by atoms with van der Waals surface area (Å²) in [5.74, 6) is 0. The predicted octanol–water partition coefficient (Wildman–Crippen LogP) is 5.29. The van der Waals surface area contributed by atoms with Crippen molar-refractivity contribution >= 4 is 20.4 Å². The second-order valence-corrected chi connectivity index (χ2v) is 8.01. The first-order chi connectivity index (χ1) is 12.4. The summed E-state index contributed by atoms with van der Waals surface area (Å²) in [6.45, 7) is 2.27. The van der Waals surface area contributed by atoms with Crippen molar-refractivity contribution in [2.24, 2.45) is 0 Å². The fourth-order valence-corrected chi connectivity index (χ4v) is 4.73. The van der Waals surface area contributed by atoms with E-state index in [9.17, 15) is 0 Å². The zero-order valence-corrected chi connectivity index (χ0v) is 16.0. The number of anilines is 1. The Bertz CT molecular complexity index is 662. The minimum atomic E-state index is 0.386. The van der Waals surface area contributed by atoms with Crippen LogP contribution in [0, 0.1) is 0 Å². The first-order valence-electron chi connectivity index (χ1n) is 9.38. The molecule has 1 aliphatic rings. The molecule has 3 rings (SSSR count). The van der Waals surface area contributed by atoms with Crippen molar-refractivity contribution in [3.8, 4) is 0 Å². The number of rotatable bonds is 9. The molecular formula is C23H27NSi. The molecule has 2 aromatic rings. The van der Waals surface area contributed by atoms with Crippen LogP contribution in [0.3, 0.4) is 0 Å². The van der Waals surface area contributed by atoms with Crippen molar-refractivity contribution in [2.75, 3.05) is 5.32 Å². The van der Waals surface area contributed by atoms with Gasteiger partial charge in [0.1, 0.15) is 9.52 Å². The summed E-state index contributed by atoms with van der Waals surface area (Å²) < 4.78 is 0. The van der Waals surface area contributed by atoms with E-state index in [2.05, 4.69) is 85.1 Å². The summed E-state index contributed by atoms with van der Waals surface area (Å²) in [6.07, 6.45) is 10.9. The first-order valence-corrected chi connectivity index (χ1v) is 10.5. The van der Waals surface area contributed by atoms with Crippen LogP contribution in [0.15, 0.2) is 84.0 Å². The fraction of sp³-hybridized carbons (Fsp3) is 0.304. The standard InChI is InChI=1S/C23H27NSi/c1-2-3-6-12-19-13-11-18-22(19)23(24-20-14-7-4-8-15-20)25-21-16-9-5-10-17-21/h4-5,7-11,13-17,23-24H,2-3,6,12,18H2,1H3. The van der Waals surface area contributed by atoms with Gasteiger partial charge in [-0.3, -0.25) is 0 Å². The minimum Gasteiger partial charge on any atom is -0.381 e. The van der Waals surface area contributed by atoms with E-state index in [4.69, 9.17) is 0 Å². The summed E-state index contributed by atoms with van der Waals surface area (Å²) in [4.78, 5) is 0. The number of benzene rings is 2. The van der Waals surface area contributed by atoms with Gasteiger partial charge in [0.05, 0.1) is 0 Å². The maximum atomic E-state index is 3.80. The molecule has 0 saturated heterocycles. The lowest BCUT2D eigenvalue weighted by Crippen LogP contribution is -2.36. The molecule has 25 heavy (non-hydrogen) atoms. The summed E-state index contributed by atoms with van der Waals surface area (Å²) in [5.41, 5.74) is 4.74. The van der Waals surface area contributed by atoms with Crippen LogP contribution in [0.1, 0.15) is 39.0 Å². The molecule has 0 bridgehead atoms. The lowest BCUT2D eigenvalue weighted by molar-refractivity contribution is 0.716. The normalized spacial score (nSPS) is 14.8. The van der Waals surface area contributed by atoms with Gasteiger partial charge in [-0.15, -0.1) is 0 Å². The average Bonchev–Trinajstić information content (AvgIpc) is 3.12. The number of allylic oxidation sites excluding steroid dienone is 3. The third-order valence-electron chi connectivity index (χ3n) is 4.64. The van der Waals surface area contributed by atoms with Gasteiger partial charge in [-0.2, -0.15) is 0 Å². The second kappa shape index (κ2) is 9.43. The van der Waals surface area contributed by atoms with Crippen LogP contribution in [0.4, 0.5) is 5.69 Å². The van der Waals surface area contributed by atoms with Crippen LogP contribution in [0.25, 0.3) is 0 Å². The maximum absolute atomic E-state index is 3.80. The smallest absolute Gasteiger partial charge is 0.115 e. The molecule has 0 saturated carbocycles. The topological polar surface area (TPSA) is 12.0 Å². The maximum Gasteiger partial charge on any atom is 0.115 e. The van der Waals surface area contributed by atoms with Gasteiger partial charge >= 0.3 is 0 Å². The van der Waals surface area contributed by atoms with E-state index in [1.165, 1.54) is 36.6 Å². The molecule has 2 aromatic carbocycles. The Morgan fingerprint density at radius 1 is 0.960 bits per heavy atom. The monoisotopic (exact) mass is 345 g/mol. The number of para-hydroxylation sites is 1. The Hall–Kier alpha value is -2.06. The first kappa shape index (κ1) is 17.8. The molecule has 2 heteroatoms. The molecule has 128 valence electrons. The van der Waals surface area contributed by atoms with Gasteiger partial charge in [-0.1, -0.05) is 85.6 Å². The molecule has 2 radical (unpaired) electrons. The van der Waals surface area contributed by atoms with E-state index in [0.29, 0.717) is 5.67 Å². The van der Waals surface area contributed by atoms with Crippen molar-refractivity contribution in [3.63, 3.8) is 0 Å². The van der Waals surface area contributed by atoms with Crippen molar-refractivity contribution in [3.05, 3.63) is 84.0 Å².